The van der Waals surface area contributed by atoms with Crippen molar-refractivity contribution in [2.45, 2.75) is 33.4 Å². The summed E-state index contributed by atoms with van der Waals surface area (Å²) in [4.78, 5) is 2.45. The number of allylic oxidation sites excluding steroid dienone is 2. The summed E-state index contributed by atoms with van der Waals surface area (Å²) in [5.41, 5.74) is 1.49. The Morgan fingerprint density at radius 3 is 2.17 bits per heavy atom. The van der Waals surface area contributed by atoms with Crippen LogP contribution in [0.15, 0.2) is 72.3 Å². The Kier molecular flexibility index (Phi) is 6.63. The Hall–Kier alpha value is -1.67. The van der Waals surface area contributed by atoms with Gasteiger partial charge in [0.25, 0.3) is 0 Å². The normalized spacial score (nSPS) is 27.8. The Labute approximate surface area is 181 Å². The largest absolute Gasteiger partial charge is 0.361 e. The summed E-state index contributed by atoms with van der Waals surface area (Å²) in [6, 6.07) is 20.0. The summed E-state index contributed by atoms with van der Waals surface area (Å²) < 4.78 is 20.6. The fourth-order valence-corrected chi connectivity index (χ4v) is 8.12. The third kappa shape index (κ3) is 4.35. The van der Waals surface area contributed by atoms with Crippen LogP contribution in [0.5, 0.6) is 0 Å². The average molecular weight is 424 g/mol. The second-order valence-corrected chi connectivity index (χ2v) is 12.0. The lowest BCUT2D eigenvalue weighted by molar-refractivity contribution is -0.0450. The first-order chi connectivity index (χ1) is 14.5. The Bertz CT molecular complexity index is 868. The Morgan fingerprint density at radius 1 is 1.00 bits per heavy atom. The van der Waals surface area contributed by atoms with E-state index in [1.807, 2.05) is 60.7 Å². The molecule has 0 spiro atoms. The Balaban J connectivity index is 1.56. The third-order valence-corrected chi connectivity index (χ3v) is 9.95. The topological polar surface area (TPSA) is 29.5 Å². The van der Waals surface area contributed by atoms with E-state index in [-0.39, 0.29) is 6.23 Å². The molecule has 0 unspecified atom stereocenters. The van der Waals surface area contributed by atoms with Gasteiger partial charge in [0, 0.05) is 35.8 Å². The van der Waals surface area contributed by atoms with Gasteiger partial charge in [0.2, 0.25) is 0 Å². The van der Waals surface area contributed by atoms with Crippen LogP contribution in [0, 0.1) is 17.8 Å². The van der Waals surface area contributed by atoms with Gasteiger partial charge in [0.1, 0.15) is 13.4 Å². The van der Waals surface area contributed by atoms with Crippen molar-refractivity contribution in [3.05, 3.63) is 72.3 Å². The number of nitrogens with zero attached hydrogens (tertiary/aromatic N) is 1. The fraction of sp³-hybridized carbons (Fsp3) is 0.462. The number of benzene rings is 2. The fourth-order valence-electron chi connectivity index (χ4n) is 5.46. The standard InChI is InChI=1S/C26H34NO2P/c1-20-18-21(2)25(22(3)19-20)26-27(14-16-29-26)15-17-30(28,23-10-6-4-7-11-23)24-12-8-5-9-13-24/h4-13,18,21-22,25-26H,14-17,19H2,1-3H3/t21-,22+,25-,26-/m0/s1. The highest BCUT2D eigenvalue weighted by atomic mass is 31.2. The molecule has 1 aliphatic carbocycles. The molecule has 2 aromatic carbocycles. The molecule has 0 radical (unpaired) electrons. The minimum absolute atomic E-state index is 0.124. The summed E-state index contributed by atoms with van der Waals surface area (Å²) in [7, 11) is -2.69. The lowest BCUT2D eigenvalue weighted by Gasteiger charge is -2.40. The molecule has 4 atom stereocenters. The van der Waals surface area contributed by atoms with Crippen molar-refractivity contribution in [2.75, 3.05) is 25.9 Å². The number of hydrogen-bond acceptors (Lipinski definition) is 3. The van der Waals surface area contributed by atoms with Crippen molar-refractivity contribution in [1.82, 2.24) is 4.90 Å². The van der Waals surface area contributed by atoms with Crippen LogP contribution in [0.3, 0.4) is 0 Å². The van der Waals surface area contributed by atoms with Gasteiger partial charge in [0.05, 0.1) is 6.61 Å². The summed E-state index contributed by atoms with van der Waals surface area (Å²) in [6.07, 6.45) is 4.34. The molecule has 1 heterocycles. The summed E-state index contributed by atoms with van der Waals surface area (Å²) >= 11 is 0. The van der Waals surface area contributed by atoms with Crippen LogP contribution >= 0.6 is 7.14 Å². The van der Waals surface area contributed by atoms with E-state index in [1.165, 1.54) is 5.57 Å². The number of hydrogen-bond donors (Lipinski definition) is 0. The summed E-state index contributed by atoms with van der Waals surface area (Å²) in [5.74, 6) is 1.60. The third-order valence-electron chi connectivity index (χ3n) is 6.86. The first-order valence-electron chi connectivity index (χ1n) is 11.2. The molecule has 2 aliphatic rings. The predicted octanol–water partition coefficient (Wildman–Crippen LogP) is 4.90. The zero-order chi connectivity index (χ0) is 21.1. The minimum Gasteiger partial charge on any atom is -0.361 e. The predicted molar refractivity (Wildman–Crippen MR) is 126 cm³/mol. The summed E-state index contributed by atoms with van der Waals surface area (Å²) in [6.45, 7) is 9.41. The highest BCUT2D eigenvalue weighted by Crippen LogP contribution is 2.44. The first kappa shape index (κ1) is 21.6. The molecule has 30 heavy (non-hydrogen) atoms. The van der Waals surface area contributed by atoms with Crippen LogP contribution in [0.2, 0.25) is 0 Å². The van der Waals surface area contributed by atoms with Gasteiger partial charge in [-0.05, 0) is 25.2 Å². The van der Waals surface area contributed by atoms with E-state index >= 15 is 0 Å². The monoisotopic (exact) mass is 423 g/mol. The molecule has 1 saturated heterocycles. The van der Waals surface area contributed by atoms with Gasteiger partial charge in [-0.2, -0.15) is 0 Å². The van der Waals surface area contributed by atoms with Crippen LogP contribution in [-0.2, 0) is 9.30 Å². The van der Waals surface area contributed by atoms with Gasteiger partial charge in [-0.25, -0.2) is 0 Å². The van der Waals surface area contributed by atoms with Crippen molar-refractivity contribution in [2.24, 2.45) is 17.8 Å². The maximum absolute atomic E-state index is 14.4. The van der Waals surface area contributed by atoms with E-state index in [4.69, 9.17) is 4.74 Å². The van der Waals surface area contributed by atoms with Crippen LogP contribution in [0.4, 0.5) is 0 Å². The number of ether oxygens (including phenoxy) is 1. The molecular weight excluding hydrogens is 389 g/mol. The molecule has 2 aromatic rings. The zero-order valence-electron chi connectivity index (χ0n) is 18.4. The maximum Gasteiger partial charge on any atom is 0.144 e. The van der Waals surface area contributed by atoms with Crippen LogP contribution in [0.25, 0.3) is 0 Å². The average Bonchev–Trinajstić information content (AvgIpc) is 3.21. The molecule has 0 aromatic heterocycles. The second kappa shape index (κ2) is 9.22. The maximum atomic E-state index is 14.4. The van der Waals surface area contributed by atoms with Crippen LogP contribution in [0.1, 0.15) is 27.2 Å². The molecular formula is C26H34NO2P. The molecule has 4 heteroatoms. The molecule has 0 saturated carbocycles. The van der Waals surface area contributed by atoms with Gasteiger partial charge < -0.3 is 9.30 Å². The van der Waals surface area contributed by atoms with E-state index in [0.717, 1.165) is 36.7 Å². The molecule has 1 fully saturated rings. The van der Waals surface area contributed by atoms with Gasteiger partial charge in [-0.3, -0.25) is 4.90 Å². The quantitative estimate of drug-likeness (QED) is 0.489. The van der Waals surface area contributed by atoms with Crippen LogP contribution < -0.4 is 10.6 Å². The molecule has 0 N–H and O–H groups in total. The van der Waals surface area contributed by atoms with Crippen LogP contribution in [-0.4, -0.2) is 37.0 Å². The molecule has 3 nitrogen and oxygen atoms in total. The van der Waals surface area contributed by atoms with E-state index in [2.05, 4.69) is 31.7 Å². The molecule has 0 bridgehead atoms. The highest BCUT2D eigenvalue weighted by Gasteiger charge is 2.40. The van der Waals surface area contributed by atoms with Gasteiger partial charge in [-0.15, -0.1) is 0 Å². The molecule has 160 valence electrons. The molecule has 1 aliphatic heterocycles. The van der Waals surface area contributed by atoms with Crippen molar-refractivity contribution in [1.29, 1.82) is 0 Å². The Morgan fingerprint density at radius 2 is 1.60 bits per heavy atom. The van der Waals surface area contributed by atoms with Gasteiger partial charge in [0.15, 0.2) is 0 Å². The van der Waals surface area contributed by atoms with E-state index in [0.29, 0.717) is 23.9 Å². The highest BCUT2D eigenvalue weighted by molar-refractivity contribution is 7.78. The van der Waals surface area contributed by atoms with E-state index in [1.54, 1.807) is 0 Å². The molecule has 0 amide bonds. The van der Waals surface area contributed by atoms with Gasteiger partial charge >= 0.3 is 0 Å². The molecule has 4 rings (SSSR count). The van der Waals surface area contributed by atoms with E-state index < -0.39 is 7.14 Å². The zero-order valence-corrected chi connectivity index (χ0v) is 19.3. The van der Waals surface area contributed by atoms with Crippen molar-refractivity contribution in [3.63, 3.8) is 0 Å². The number of rotatable bonds is 6. The first-order valence-corrected chi connectivity index (χ1v) is 13.1. The lowest BCUT2D eigenvalue weighted by atomic mass is 9.74. The smallest absolute Gasteiger partial charge is 0.144 e. The minimum atomic E-state index is -2.69. The second-order valence-electron chi connectivity index (χ2n) is 9.06. The van der Waals surface area contributed by atoms with E-state index in [9.17, 15) is 4.57 Å². The SMILES string of the molecule is CC1=C[C@H](C)[C@H]([C@@H]2OCCN2CCP(=O)(c2ccccc2)c2ccccc2)[C@H](C)C1. The lowest BCUT2D eigenvalue weighted by Crippen LogP contribution is -2.44. The van der Waals surface area contributed by atoms with Crippen molar-refractivity contribution in [3.8, 4) is 0 Å². The summed E-state index contributed by atoms with van der Waals surface area (Å²) in [5, 5.41) is 1.90. The van der Waals surface area contributed by atoms with Crippen molar-refractivity contribution >= 4 is 17.8 Å². The van der Waals surface area contributed by atoms with Gasteiger partial charge in [-0.1, -0.05) is 86.2 Å². The van der Waals surface area contributed by atoms with Crippen molar-refractivity contribution < 1.29 is 9.30 Å².